The Balaban J connectivity index is 1.83. The van der Waals surface area contributed by atoms with Crippen LogP contribution in [0.5, 0.6) is 0 Å². The summed E-state index contributed by atoms with van der Waals surface area (Å²) < 4.78 is 4.99. The molecule has 1 aromatic carbocycles. The topological polar surface area (TPSA) is 62.6 Å². The van der Waals surface area contributed by atoms with Crippen LogP contribution < -0.4 is 5.32 Å². The van der Waals surface area contributed by atoms with Gasteiger partial charge in [-0.1, -0.05) is 29.8 Å². The van der Waals surface area contributed by atoms with Crippen LogP contribution in [-0.4, -0.2) is 29.8 Å². The smallest absolute Gasteiger partial charge is 0.286 e. The molecular formula is C17H19ClN2O3. The van der Waals surface area contributed by atoms with Crippen molar-refractivity contribution in [1.29, 1.82) is 0 Å². The molecule has 0 fully saturated rings. The van der Waals surface area contributed by atoms with Gasteiger partial charge in [0.25, 0.3) is 5.91 Å². The number of rotatable bonds is 7. The third-order valence-electron chi connectivity index (χ3n) is 3.42. The molecule has 5 nitrogen and oxygen atoms in total. The zero-order valence-electron chi connectivity index (χ0n) is 12.9. The van der Waals surface area contributed by atoms with Crippen molar-refractivity contribution in [3.63, 3.8) is 0 Å². The number of carbonyl (C=O) groups excluding carboxylic acids is 2. The Morgan fingerprint density at radius 2 is 2.00 bits per heavy atom. The van der Waals surface area contributed by atoms with Gasteiger partial charge in [-0.05, 0) is 30.7 Å². The molecule has 0 spiro atoms. The van der Waals surface area contributed by atoms with Crippen LogP contribution >= 0.6 is 11.6 Å². The van der Waals surface area contributed by atoms with Crippen molar-refractivity contribution in [3.8, 4) is 0 Å². The number of furan rings is 1. The van der Waals surface area contributed by atoms with Crippen LogP contribution in [0, 0.1) is 0 Å². The van der Waals surface area contributed by atoms with E-state index in [2.05, 4.69) is 5.32 Å². The fourth-order valence-electron chi connectivity index (χ4n) is 2.14. The lowest BCUT2D eigenvalue weighted by atomic mass is 10.2. The third-order valence-corrected chi connectivity index (χ3v) is 3.79. The maximum atomic E-state index is 12.3. The predicted octanol–water partition coefficient (Wildman–Crippen LogP) is 3.10. The van der Waals surface area contributed by atoms with Gasteiger partial charge in [0.2, 0.25) is 5.91 Å². The van der Waals surface area contributed by atoms with Crippen molar-refractivity contribution in [1.82, 2.24) is 10.2 Å². The second-order valence-electron chi connectivity index (χ2n) is 4.98. The highest BCUT2D eigenvalue weighted by molar-refractivity contribution is 6.31. The average Bonchev–Trinajstić information content (AvgIpc) is 3.08. The highest BCUT2D eigenvalue weighted by Gasteiger charge is 2.14. The zero-order chi connectivity index (χ0) is 16.7. The van der Waals surface area contributed by atoms with Crippen molar-refractivity contribution in [2.45, 2.75) is 19.9 Å². The molecule has 0 bridgehead atoms. The summed E-state index contributed by atoms with van der Waals surface area (Å²) in [6.07, 6.45) is 1.66. The minimum atomic E-state index is -0.322. The molecule has 23 heavy (non-hydrogen) atoms. The first kappa shape index (κ1) is 17.1. The fourth-order valence-corrected chi connectivity index (χ4v) is 2.34. The maximum absolute atomic E-state index is 12.3. The van der Waals surface area contributed by atoms with Crippen LogP contribution in [0.2, 0.25) is 5.02 Å². The average molecular weight is 335 g/mol. The minimum absolute atomic E-state index is 0.0350. The summed E-state index contributed by atoms with van der Waals surface area (Å²) in [6, 6.07) is 10.7. The Kier molecular flexibility index (Phi) is 6.23. The van der Waals surface area contributed by atoms with Crippen LogP contribution in [-0.2, 0) is 11.3 Å². The molecule has 0 atom stereocenters. The van der Waals surface area contributed by atoms with E-state index in [0.717, 1.165) is 5.56 Å². The molecule has 1 aromatic heterocycles. The van der Waals surface area contributed by atoms with Crippen molar-refractivity contribution in [2.24, 2.45) is 0 Å². The van der Waals surface area contributed by atoms with Gasteiger partial charge < -0.3 is 14.6 Å². The quantitative estimate of drug-likeness (QED) is 0.846. The Morgan fingerprint density at radius 1 is 1.22 bits per heavy atom. The highest BCUT2D eigenvalue weighted by Crippen LogP contribution is 2.17. The molecule has 6 heteroatoms. The summed E-state index contributed by atoms with van der Waals surface area (Å²) in [5.74, 6) is -0.120. The van der Waals surface area contributed by atoms with Gasteiger partial charge in [0.15, 0.2) is 5.76 Å². The van der Waals surface area contributed by atoms with Crippen molar-refractivity contribution in [3.05, 3.63) is 59.0 Å². The van der Waals surface area contributed by atoms with Crippen LogP contribution in [0.3, 0.4) is 0 Å². The van der Waals surface area contributed by atoms with E-state index in [1.54, 1.807) is 23.1 Å². The van der Waals surface area contributed by atoms with Crippen molar-refractivity contribution in [2.75, 3.05) is 13.1 Å². The van der Waals surface area contributed by atoms with Crippen LogP contribution in [0.1, 0.15) is 29.5 Å². The van der Waals surface area contributed by atoms with E-state index in [-0.39, 0.29) is 30.5 Å². The van der Waals surface area contributed by atoms with Gasteiger partial charge in [-0.15, -0.1) is 0 Å². The lowest BCUT2D eigenvalue weighted by molar-refractivity contribution is -0.131. The van der Waals surface area contributed by atoms with Crippen molar-refractivity contribution >= 4 is 23.4 Å². The summed E-state index contributed by atoms with van der Waals surface area (Å²) >= 11 is 6.13. The monoisotopic (exact) mass is 334 g/mol. The Morgan fingerprint density at radius 3 is 2.65 bits per heavy atom. The molecular weight excluding hydrogens is 316 g/mol. The molecule has 2 amide bonds. The number of nitrogens with one attached hydrogen (secondary N) is 1. The Hall–Kier alpha value is -2.27. The van der Waals surface area contributed by atoms with Gasteiger partial charge >= 0.3 is 0 Å². The minimum Gasteiger partial charge on any atom is -0.459 e. The third kappa shape index (κ3) is 4.86. The number of hydrogen-bond donors (Lipinski definition) is 1. The van der Waals surface area contributed by atoms with E-state index < -0.39 is 0 Å². The van der Waals surface area contributed by atoms with Crippen molar-refractivity contribution < 1.29 is 14.0 Å². The van der Waals surface area contributed by atoms with Crippen LogP contribution in [0.15, 0.2) is 47.1 Å². The first-order valence-electron chi connectivity index (χ1n) is 7.44. The van der Waals surface area contributed by atoms with Gasteiger partial charge in [0, 0.05) is 31.1 Å². The van der Waals surface area contributed by atoms with Gasteiger partial charge in [-0.3, -0.25) is 9.59 Å². The second kappa shape index (κ2) is 8.39. The largest absolute Gasteiger partial charge is 0.459 e. The van der Waals surface area contributed by atoms with E-state index >= 15 is 0 Å². The van der Waals surface area contributed by atoms with Gasteiger partial charge in [-0.2, -0.15) is 0 Å². The fraction of sp³-hybridized carbons (Fsp3) is 0.294. The molecule has 0 unspecified atom stereocenters. The number of nitrogens with zero attached hydrogens (tertiary/aromatic N) is 1. The Bertz CT molecular complexity index is 656. The van der Waals surface area contributed by atoms with Gasteiger partial charge in [-0.25, -0.2) is 0 Å². The number of halogens is 1. The van der Waals surface area contributed by atoms with Gasteiger partial charge in [0.1, 0.15) is 0 Å². The highest BCUT2D eigenvalue weighted by atomic mass is 35.5. The number of carbonyl (C=O) groups is 2. The van der Waals surface area contributed by atoms with E-state index in [4.69, 9.17) is 16.0 Å². The molecule has 0 aliphatic rings. The molecule has 2 rings (SSSR count). The second-order valence-corrected chi connectivity index (χ2v) is 5.39. The molecule has 122 valence electrons. The van der Waals surface area contributed by atoms with E-state index in [1.807, 2.05) is 25.1 Å². The molecule has 0 radical (unpaired) electrons. The molecule has 0 saturated carbocycles. The number of hydrogen-bond acceptors (Lipinski definition) is 3. The summed E-state index contributed by atoms with van der Waals surface area (Å²) in [5.41, 5.74) is 0.906. The molecule has 2 aromatic rings. The first-order valence-corrected chi connectivity index (χ1v) is 7.82. The zero-order valence-corrected chi connectivity index (χ0v) is 13.7. The lowest BCUT2D eigenvalue weighted by Crippen LogP contribution is -2.34. The van der Waals surface area contributed by atoms with E-state index in [1.165, 1.54) is 6.26 Å². The standard InChI is InChI=1S/C17H19ClN2O3/c1-2-20(12-13-6-3-4-7-14(13)18)16(21)9-10-19-17(22)15-8-5-11-23-15/h3-8,11H,2,9-10,12H2,1H3,(H,19,22). The van der Waals surface area contributed by atoms with E-state index in [0.29, 0.717) is 18.1 Å². The normalized spacial score (nSPS) is 10.3. The molecule has 1 N–H and O–H groups in total. The summed E-state index contributed by atoms with van der Waals surface area (Å²) in [7, 11) is 0. The Labute approximate surface area is 140 Å². The SMILES string of the molecule is CCN(Cc1ccccc1Cl)C(=O)CCNC(=O)c1ccco1. The number of amides is 2. The molecule has 0 saturated heterocycles. The molecule has 0 aliphatic carbocycles. The summed E-state index contributed by atoms with van der Waals surface area (Å²) in [5, 5.41) is 3.31. The first-order chi connectivity index (χ1) is 11.1. The predicted molar refractivity (Wildman–Crippen MR) is 88.2 cm³/mol. The van der Waals surface area contributed by atoms with Crippen LogP contribution in [0.25, 0.3) is 0 Å². The lowest BCUT2D eigenvalue weighted by Gasteiger charge is -2.21. The van der Waals surface area contributed by atoms with E-state index in [9.17, 15) is 9.59 Å². The maximum Gasteiger partial charge on any atom is 0.286 e. The summed E-state index contributed by atoms with van der Waals surface area (Å²) in [6.45, 7) is 3.21. The molecule has 0 aliphatic heterocycles. The molecule has 1 heterocycles. The van der Waals surface area contributed by atoms with Gasteiger partial charge in [0.05, 0.1) is 6.26 Å². The van der Waals surface area contributed by atoms with Crippen LogP contribution in [0.4, 0.5) is 0 Å². The summed E-state index contributed by atoms with van der Waals surface area (Å²) in [4.78, 5) is 25.7. The number of benzene rings is 1.